The van der Waals surface area contributed by atoms with Crippen LogP contribution in [0.1, 0.15) is 42.2 Å². The second-order valence-electron chi connectivity index (χ2n) is 7.93. The number of carbonyl (C=O) groups is 1. The van der Waals surface area contributed by atoms with Crippen molar-refractivity contribution in [2.24, 2.45) is 4.99 Å². The Morgan fingerprint density at radius 3 is 2.53 bits per heavy atom. The molecule has 1 aliphatic rings. The van der Waals surface area contributed by atoms with Gasteiger partial charge in [-0.2, -0.15) is 0 Å². The van der Waals surface area contributed by atoms with Gasteiger partial charge in [-0.3, -0.25) is 4.79 Å². The van der Waals surface area contributed by atoms with Gasteiger partial charge in [0.1, 0.15) is 11.3 Å². The molecule has 3 aromatic rings. The van der Waals surface area contributed by atoms with Gasteiger partial charge < -0.3 is 20.0 Å². The van der Waals surface area contributed by atoms with Crippen molar-refractivity contribution in [3.63, 3.8) is 0 Å². The van der Waals surface area contributed by atoms with Crippen LogP contribution in [-0.4, -0.2) is 29.9 Å². The average molecular weight is 546 g/mol. The van der Waals surface area contributed by atoms with Gasteiger partial charge in [-0.05, 0) is 37.5 Å². The van der Waals surface area contributed by atoms with Crippen LogP contribution in [0.25, 0.3) is 11.0 Å². The highest BCUT2D eigenvalue weighted by Crippen LogP contribution is 2.24. The minimum Gasteiger partial charge on any atom is -0.459 e. The molecule has 0 aliphatic carbocycles. The van der Waals surface area contributed by atoms with Gasteiger partial charge in [-0.15, -0.1) is 24.0 Å². The first-order chi connectivity index (χ1) is 15.1. The number of benzene rings is 2. The van der Waals surface area contributed by atoms with Crippen LogP contribution in [0.5, 0.6) is 0 Å². The molecule has 32 heavy (non-hydrogen) atoms. The van der Waals surface area contributed by atoms with Gasteiger partial charge in [0.25, 0.3) is 0 Å². The lowest BCUT2D eigenvalue weighted by Crippen LogP contribution is -2.36. The molecule has 0 atom stereocenters. The van der Waals surface area contributed by atoms with Crippen molar-refractivity contribution in [3.05, 3.63) is 71.0 Å². The van der Waals surface area contributed by atoms with Crippen molar-refractivity contribution in [2.45, 2.75) is 46.3 Å². The molecule has 6 nitrogen and oxygen atoms in total. The molecule has 0 unspecified atom stereocenters. The number of nitrogens with zero attached hydrogens (tertiary/aromatic N) is 2. The number of guanidine groups is 1. The molecule has 2 N–H and O–H groups in total. The molecule has 4 rings (SSSR count). The number of halogens is 1. The first-order valence-corrected chi connectivity index (χ1v) is 11.0. The van der Waals surface area contributed by atoms with E-state index >= 15 is 0 Å². The van der Waals surface area contributed by atoms with Crippen molar-refractivity contribution in [3.8, 4) is 0 Å². The molecule has 2 aromatic carbocycles. The number of furan rings is 1. The topological polar surface area (TPSA) is 69.9 Å². The Bertz CT molecular complexity index is 1080. The Balaban J connectivity index is 0.00000289. The van der Waals surface area contributed by atoms with Gasteiger partial charge in [0.2, 0.25) is 5.91 Å². The molecule has 1 saturated heterocycles. The number of rotatable bonds is 7. The van der Waals surface area contributed by atoms with Gasteiger partial charge in [0.05, 0.1) is 13.1 Å². The second-order valence-corrected chi connectivity index (χ2v) is 7.93. The predicted octanol–water partition coefficient (Wildman–Crippen LogP) is 4.74. The van der Waals surface area contributed by atoms with E-state index in [4.69, 9.17) is 9.41 Å². The van der Waals surface area contributed by atoms with E-state index in [2.05, 4.69) is 54.8 Å². The Morgan fingerprint density at radius 2 is 1.84 bits per heavy atom. The highest BCUT2D eigenvalue weighted by atomic mass is 127. The molecule has 170 valence electrons. The van der Waals surface area contributed by atoms with E-state index in [1.54, 1.807) is 0 Å². The number of amides is 1. The smallest absolute Gasteiger partial charge is 0.222 e. The molecule has 1 amide bonds. The summed E-state index contributed by atoms with van der Waals surface area (Å²) in [5.74, 6) is 1.94. The summed E-state index contributed by atoms with van der Waals surface area (Å²) < 4.78 is 5.99. The Morgan fingerprint density at radius 1 is 1.09 bits per heavy atom. The standard InChI is InChI=1S/C25H30N4O2.HI/c1-3-26-25(28-16-23-18(2)21-7-4-5-8-22(21)31-23)27-15-19-10-12-20(13-11-19)17-29-14-6-9-24(29)30;/h4-5,7-8,10-13H,3,6,9,14-17H2,1-2H3,(H2,26,27,28);1H. The first kappa shape index (κ1) is 24.1. The number of para-hydroxylation sites is 1. The van der Waals surface area contributed by atoms with E-state index in [0.29, 0.717) is 26.1 Å². The third-order valence-electron chi connectivity index (χ3n) is 5.69. The molecular weight excluding hydrogens is 515 g/mol. The van der Waals surface area contributed by atoms with Crippen LogP contribution in [0.2, 0.25) is 0 Å². The monoisotopic (exact) mass is 546 g/mol. The largest absolute Gasteiger partial charge is 0.459 e. The van der Waals surface area contributed by atoms with Crippen LogP contribution < -0.4 is 10.6 Å². The number of hydrogen-bond acceptors (Lipinski definition) is 3. The fraction of sp³-hybridized carbons (Fsp3) is 0.360. The van der Waals surface area contributed by atoms with E-state index in [0.717, 1.165) is 58.9 Å². The van der Waals surface area contributed by atoms with Gasteiger partial charge in [-0.25, -0.2) is 4.99 Å². The number of hydrogen-bond donors (Lipinski definition) is 2. The molecule has 7 heteroatoms. The van der Waals surface area contributed by atoms with Crippen LogP contribution in [0, 0.1) is 6.92 Å². The SMILES string of the molecule is CCNC(=NCc1ccc(CN2CCCC2=O)cc1)NCc1oc2ccccc2c1C.I. The molecule has 0 radical (unpaired) electrons. The quantitative estimate of drug-likeness (QED) is 0.255. The third-order valence-corrected chi connectivity index (χ3v) is 5.69. The summed E-state index contributed by atoms with van der Waals surface area (Å²) in [4.78, 5) is 18.5. The van der Waals surface area contributed by atoms with Crippen molar-refractivity contribution < 1.29 is 9.21 Å². The lowest BCUT2D eigenvalue weighted by atomic mass is 10.1. The maximum absolute atomic E-state index is 11.8. The highest BCUT2D eigenvalue weighted by molar-refractivity contribution is 14.0. The summed E-state index contributed by atoms with van der Waals surface area (Å²) in [6, 6.07) is 16.5. The maximum Gasteiger partial charge on any atom is 0.222 e. The maximum atomic E-state index is 11.8. The van der Waals surface area contributed by atoms with Crippen molar-refractivity contribution >= 4 is 46.8 Å². The number of likely N-dealkylation sites (tertiary alicyclic amines) is 1. The van der Waals surface area contributed by atoms with Crippen molar-refractivity contribution in [2.75, 3.05) is 13.1 Å². The molecule has 0 bridgehead atoms. The van der Waals surface area contributed by atoms with Crippen LogP contribution in [0.15, 0.2) is 57.9 Å². The third kappa shape index (κ3) is 5.82. The number of carbonyl (C=O) groups excluding carboxylic acids is 1. The summed E-state index contributed by atoms with van der Waals surface area (Å²) in [6.07, 6.45) is 1.65. The summed E-state index contributed by atoms with van der Waals surface area (Å²) in [6.45, 7) is 7.65. The van der Waals surface area contributed by atoms with Crippen LogP contribution >= 0.6 is 24.0 Å². The normalized spacial score (nSPS) is 14.0. The summed E-state index contributed by atoms with van der Waals surface area (Å²) >= 11 is 0. The molecular formula is C25H31IN4O2. The van der Waals surface area contributed by atoms with E-state index in [1.165, 1.54) is 0 Å². The first-order valence-electron chi connectivity index (χ1n) is 11.0. The zero-order valence-electron chi connectivity index (χ0n) is 18.7. The average Bonchev–Trinajstić information content (AvgIpc) is 3.34. The summed E-state index contributed by atoms with van der Waals surface area (Å²) in [5, 5.41) is 7.82. The Hall–Kier alpha value is -2.55. The highest BCUT2D eigenvalue weighted by Gasteiger charge is 2.19. The molecule has 1 aromatic heterocycles. The van der Waals surface area contributed by atoms with Crippen LogP contribution in [0.4, 0.5) is 0 Å². The lowest BCUT2D eigenvalue weighted by molar-refractivity contribution is -0.128. The molecule has 2 heterocycles. The minimum absolute atomic E-state index is 0. The fourth-order valence-corrected chi connectivity index (χ4v) is 3.91. The van der Waals surface area contributed by atoms with E-state index in [-0.39, 0.29) is 29.9 Å². The van der Waals surface area contributed by atoms with E-state index in [1.807, 2.05) is 23.1 Å². The molecule has 0 spiro atoms. The minimum atomic E-state index is 0. The summed E-state index contributed by atoms with van der Waals surface area (Å²) in [7, 11) is 0. The summed E-state index contributed by atoms with van der Waals surface area (Å²) in [5.41, 5.74) is 4.36. The van der Waals surface area contributed by atoms with Gasteiger partial charge in [0.15, 0.2) is 5.96 Å². The van der Waals surface area contributed by atoms with Crippen molar-refractivity contribution in [1.29, 1.82) is 0 Å². The van der Waals surface area contributed by atoms with Crippen LogP contribution in [0.3, 0.4) is 0 Å². The lowest BCUT2D eigenvalue weighted by Gasteiger charge is -2.15. The number of aliphatic imine (C=N–C) groups is 1. The second kappa shape index (κ2) is 11.4. The predicted molar refractivity (Wildman–Crippen MR) is 139 cm³/mol. The van der Waals surface area contributed by atoms with Crippen LogP contribution in [-0.2, 0) is 24.4 Å². The zero-order chi connectivity index (χ0) is 21.6. The zero-order valence-corrected chi connectivity index (χ0v) is 21.0. The van der Waals surface area contributed by atoms with E-state index in [9.17, 15) is 4.79 Å². The Labute approximate surface area is 206 Å². The molecule has 1 aliphatic heterocycles. The van der Waals surface area contributed by atoms with E-state index < -0.39 is 0 Å². The fourth-order valence-electron chi connectivity index (χ4n) is 3.91. The molecule has 1 fully saturated rings. The van der Waals surface area contributed by atoms with Gasteiger partial charge >= 0.3 is 0 Å². The van der Waals surface area contributed by atoms with Gasteiger partial charge in [-0.1, -0.05) is 42.5 Å². The van der Waals surface area contributed by atoms with Gasteiger partial charge in [0, 0.05) is 37.0 Å². The van der Waals surface area contributed by atoms with Crippen molar-refractivity contribution in [1.82, 2.24) is 15.5 Å². The number of aryl methyl sites for hydroxylation is 1. The molecule has 0 saturated carbocycles. The number of fused-ring (bicyclic) bond motifs is 1. The Kier molecular flexibility index (Phi) is 8.55. The number of nitrogens with one attached hydrogen (secondary N) is 2.